The Morgan fingerprint density at radius 1 is 1.07 bits per heavy atom. The molecule has 4 bridgehead atoms. The molecule has 0 radical (unpaired) electrons. The van der Waals surface area contributed by atoms with E-state index in [9.17, 15) is 4.79 Å². The zero-order chi connectivity index (χ0) is 19.4. The van der Waals surface area contributed by atoms with Crippen LogP contribution in [0.25, 0.3) is 0 Å². The van der Waals surface area contributed by atoms with Crippen LogP contribution >= 0.6 is 11.3 Å². The highest BCUT2D eigenvalue weighted by Gasteiger charge is 2.55. The van der Waals surface area contributed by atoms with E-state index in [0.717, 1.165) is 39.3 Å². The number of rotatable bonds is 3. The smallest absolute Gasteiger partial charge is 0.265 e. The van der Waals surface area contributed by atoms with Crippen molar-refractivity contribution in [1.82, 2.24) is 15.1 Å². The van der Waals surface area contributed by atoms with Crippen molar-refractivity contribution < 1.29 is 14.3 Å². The van der Waals surface area contributed by atoms with E-state index in [1.165, 1.54) is 16.9 Å². The van der Waals surface area contributed by atoms with E-state index < -0.39 is 0 Å². The molecule has 3 unspecified atom stereocenters. The van der Waals surface area contributed by atoms with Crippen molar-refractivity contribution in [3.05, 3.63) is 46.2 Å². The van der Waals surface area contributed by atoms with Gasteiger partial charge in [0.15, 0.2) is 11.5 Å². The summed E-state index contributed by atoms with van der Waals surface area (Å²) in [5, 5.41) is 5.35. The number of carbonyl (C=O) groups is 1. The normalized spacial score (nSPS) is 34.6. The molecule has 5 aliphatic heterocycles. The van der Waals surface area contributed by atoms with Gasteiger partial charge in [-0.3, -0.25) is 4.79 Å². The first-order valence-corrected chi connectivity index (χ1v) is 11.3. The van der Waals surface area contributed by atoms with Gasteiger partial charge in [0.25, 0.3) is 5.91 Å². The molecule has 4 saturated heterocycles. The summed E-state index contributed by atoms with van der Waals surface area (Å²) in [5.74, 6) is 1.71. The van der Waals surface area contributed by atoms with Crippen LogP contribution in [-0.2, 0) is 5.41 Å². The van der Waals surface area contributed by atoms with Crippen LogP contribution < -0.4 is 14.8 Å². The van der Waals surface area contributed by atoms with Gasteiger partial charge < -0.3 is 24.6 Å². The maximum Gasteiger partial charge on any atom is 0.265 e. The summed E-state index contributed by atoms with van der Waals surface area (Å²) in [7, 11) is 0. The van der Waals surface area contributed by atoms with Crippen LogP contribution in [0.5, 0.6) is 11.5 Å². The summed E-state index contributed by atoms with van der Waals surface area (Å²) < 4.78 is 11.4. The summed E-state index contributed by atoms with van der Waals surface area (Å²) in [4.78, 5) is 19.2. The molecule has 0 saturated carbocycles. The third-order valence-electron chi connectivity index (χ3n) is 6.94. The fraction of sp³-hybridized carbons (Fsp3) is 0.500. The molecule has 1 amide bonds. The van der Waals surface area contributed by atoms with Crippen molar-refractivity contribution in [2.45, 2.75) is 11.5 Å². The first-order valence-electron chi connectivity index (χ1n) is 10.4. The summed E-state index contributed by atoms with van der Waals surface area (Å²) in [6.45, 7) is 7.38. The van der Waals surface area contributed by atoms with Gasteiger partial charge in [-0.15, -0.1) is 11.3 Å². The Hall–Kier alpha value is -2.09. The van der Waals surface area contributed by atoms with Crippen molar-refractivity contribution in [1.29, 1.82) is 0 Å². The molecule has 0 spiro atoms. The van der Waals surface area contributed by atoms with E-state index in [1.54, 1.807) is 0 Å². The fourth-order valence-corrected chi connectivity index (χ4v) is 6.63. The largest absolute Gasteiger partial charge is 0.485 e. The first kappa shape index (κ1) is 17.7. The number of carbonyl (C=O) groups excluding carboxylic acids is 1. The van der Waals surface area contributed by atoms with Crippen molar-refractivity contribution in [3.8, 4) is 11.5 Å². The van der Waals surface area contributed by atoms with Crippen LogP contribution in [0, 0.1) is 5.92 Å². The minimum Gasteiger partial charge on any atom is -0.485 e. The lowest BCUT2D eigenvalue weighted by atomic mass is 9.64. The van der Waals surface area contributed by atoms with E-state index in [4.69, 9.17) is 9.47 Å². The zero-order valence-corrected chi connectivity index (χ0v) is 17.1. The predicted molar refractivity (Wildman–Crippen MR) is 111 cm³/mol. The van der Waals surface area contributed by atoms with Gasteiger partial charge in [0.1, 0.15) is 18.1 Å². The van der Waals surface area contributed by atoms with E-state index in [1.807, 2.05) is 5.38 Å². The van der Waals surface area contributed by atoms with Gasteiger partial charge in [-0.25, -0.2) is 0 Å². The summed E-state index contributed by atoms with van der Waals surface area (Å²) in [5.41, 5.74) is 1.25. The second-order valence-corrected chi connectivity index (χ2v) is 9.54. The number of nitrogens with one attached hydrogen (secondary N) is 1. The minimum absolute atomic E-state index is 0.0294. The number of hydrogen-bond donors (Lipinski definition) is 1. The molecular weight excluding hydrogens is 386 g/mol. The van der Waals surface area contributed by atoms with Crippen LogP contribution in [0.15, 0.2) is 35.7 Å². The number of thiophene rings is 1. The van der Waals surface area contributed by atoms with Crippen LogP contribution in [0.2, 0.25) is 0 Å². The lowest BCUT2D eigenvalue weighted by Gasteiger charge is -2.55. The molecule has 6 heterocycles. The molecule has 2 aromatic rings. The zero-order valence-electron chi connectivity index (χ0n) is 16.3. The average Bonchev–Trinajstić information content (AvgIpc) is 3.02. The third kappa shape index (κ3) is 2.79. The van der Waals surface area contributed by atoms with Crippen LogP contribution in [0.1, 0.15) is 15.2 Å². The molecule has 5 aliphatic rings. The second-order valence-electron chi connectivity index (χ2n) is 8.66. The average molecular weight is 412 g/mol. The number of amides is 1. The second kappa shape index (κ2) is 6.72. The first-order chi connectivity index (χ1) is 14.2. The van der Waals surface area contributed by atoms with Gasteiger partial charge in [0, 0.05) is 62.0 Å². The Labute approximate surface area is 174 Å². The molecule has 6 nitrogen and oxygen atoms in total. The Balaban J connectivity index is 1.37. The number of nitrogens with zero attached hydrogens (tertiary/aromatic N) is 2. The quantitative estimate of drug-likeness (QED) is 0.835. The maximum atomic E-state index is 13.4. The highest BCUT2D eigenvalue weighted by atomic mass is 32.1. The highest BCUT2D eigenvalue weighted by molar-refractivity contribution is 7.12. The lowest BCUT2D eigenvalue weighted by Crippen LogP contribution is -2.70. The Bertz CT molecular complexity index is 915. The molecular formula is C22H25N3O3S. The van der Waals surface area contributed by atoms with Crippen LogP contribution in [0.3, 0.4) is 0 Å². The minimum atomic E-state index is -0.0801. The summed E-state index contributed by atoms with van der Waals surface area (Å²) in [6, 6.07) is 10.9. The molecule has 1 aromatic carbocycles. The highest BCUT2D eigenvalue weighted by Crippen LogP contribution is 2.44. The van der Waals surface area contributed by atoms with E-state index in [0.29, 0.717) is 35.5 Å². The monoisotopic (exact) mass is 411 g/mol. The van der Waals surface area contributed by atoms with Crippen LogP contribution in [0.4, 0.5) is 0 Å². The van der Waals surface area contributed by atoms with Crippen LogP contribution in [-0.4, -0.2) is 74.2 Å². The van der Waals surface area contributed by atoms with Crippen molar-refractivity contribution in [3.63, 3.8) is 0 Å². The molecule has 152 valence electrons. The number of hydrogen-bond acceptors (Lipinski definition) is 6. The molecule has 3 atom stereocenters. The topological polar surface area (TPSA) is 54.0 Å². The molecule has 29 heavy (non-hydrogen) atoms. The molecule has 0 aliphatic carbocycles. The standard InChI is InChI=1S/C22H25N3O3S/c26-21(19-18-17(12-29-19)27-8-9-28-18)23-20-15-10-24-6-7-25(11-15)14-22(20,13-24)16-4-2-1-3-5-16/h1-5,12,15,20H,6-11,13-14H2,(H,23,26). The van der Waals surface area contributed by atoms with Crippen molar-refractivity contribution in [2.24, 2.45) is 5.92 Å². The Morgan fingerprint density at radius 3 is 2.55 bits per heavy atom. The van der Waals surface area contributed by atoms with Gasteiger partial charge >= 0.3 is 0 Å². The number of piperidine rings is 2. The third-order valence-corrected chi connectivity index (χ3v) is 7.88. The van der Waals surface area contributed by atoms with E-state index in [-0.39, 0.29) is 17.4 Å². The van der Waals surface area contributed by atoms with Gasteiger partial charge in [0.2, 0.25) is 0 Å². The molecule has 7 rings (SSSR count). The number of fused-ring (bicyclic) bond motifs is 2. The van der Waals surface area contributed by atoms with E-state index in [2.05, 4.69) is 45.4 Å². The number of ether oxygens (including phenoxy) is 2. The SMILES string of the molecule is O=C(NC1C2CN3CCN(C2)CC1(c1ccccc1)C3)c1scc2c1OCCO2. The summed E-state index contributed by atoms with van der Waals surface area (Å²) in [6.07, 6.45) is 0. The number of benzene rings is 1. The van der Waals surface area contributed by atoms with Gasteiger partial charge in [-0.05, 0) is 5.56 Å². The fourth-order valence-electron chi connectivity index (χ4n) is 5.79. The molecule has 4 fully saturated rings. The van der Waals surface area contributed by atoms with Gasteiger partial charge in [-0.2, -0.15) is 0 Å². The van der Waals surface area contributed by atoms with Gasteiger partial charge in [-0.1, -0.05) is 30.3 Å². The predicted octanol–water partition coefficient (Wildman–Crippen LogP) is 1.82. The lowest BCUT2D eigenvalue weighted by molar-refractivity contribution is 0.0180. The molecule has 1 N–H and O–H groups in total. The molecule has 7 heteroatoms. The Morgan fingerprint density at radius 2 is 1.79 bits per heavy atom. The summed E-state index contributed by atoms with van der Waals surface area (Å²) >= 11 is 1.42. The van der Waals surface area contributed by atoms with E-state index >= 15 is 0 Å². The molecule has 1 aromatic heterocycles. The van der Waals surface area contributed by atoms with Gasteiger partial charge in [0.05, 0.1) is 0 Å². The van der Waals surface area contributed by atoms with Crippen molar-refractivity contribution >= 4 is 17.2 Å². The Kier molecular flexibility index (Phi) is 4.11. The van der Waals surface area contributed by atoms with Crippen molar-refractivity contribution in [2.75, 3.05) is 52.5 Å². The maximum absolute atomic E-state index is 13.4.